The van der Waals surface area contributed by atoms with Gasteiger partial charge in [0.25, 0.3) is 0 Å². The van der Waals surface area contributed by atoms with E-state index >= 15 is 0 Å². The monoisotopic (exact) mass is 416 g/mol. The van der Waals surface area contributed by atoms with Crippen LogP contribution in [0.25, 0.3) is 0 Å². The van der Waals surface area contributed by atoms with E-state index < -0.39 is 11.6 Å². The molecule has 0 saturated carbocycles. The highest BCUT2D eigenvalue weighted by Crippen LogP contribution is 2.38. The number of nitrogens with one attached hydrogen (secondary N) is 1. The first kappa shape index (κ1) is 20.3. The quantitative estimate of drug-likeness (QED) is 0.756. The van der Waals surface area contributed by atoms with E-state index in [0.29, 0.717) is 44.2 Å². The average Bonchev–Trinajstić information content (AvgIpc) is 2.84. The number of amides is 4. The number of piperazine rings is 1. The predicted octanol–water partition coefficient (Wildman–Crippen LogP) is 2.34. The second-order valence-electron chi connectivity index (χ2n) is 8.82. The fraction of sp³-hybridized carbons (Fsp3) is 0.571. The zero-order chi connectivity index (χ0) is 21.5. The smallest absolute Gasteiger partial charge is 0.410 e. The van der Waals surface area contributed by atoms with Crippen molar-refractivity contribution in [2.45, 2.75) is 45.3 Å². The number of hydrogen-bond donors (Lipinski definition) is 1. The maximum Gasteiger partial charge on any atom is 0.410 e. The van der Waals surface area contributed by atoms with Crippen LogP contribution in [0.4, 0.5) is 21.0 Å². The van der Waals surface area contributed by atoms with Crippen molar-refractivity contribution in [3.8, 4) is 5.75 Å². The molecule has 162 valence electrons. The van der Waals surface area contributed by atoms with Crippen molar-refractivity contribution in [2.75, 3.05) is 42.6 Å². The molecule has 1 aromatic rings. The van der Waals surface area contributed by atoms with E-state index in [0.717, 1.165) is 12.1 Å². The van der Waals surface area contributed by atoms with Gasteiger partial charge in [0.1, 0.15) is 11.4 Å². The van der Waals surface area contributed by atoms with Crippen LogP contribution in [0.5, 0.6) is 5.75 Å². The zero-order valence-electron chi connectivity index (χ0n) is 17.6. The molecule has 3 aliphatic heterocycles. The Kier molecular flexibility index (Phi) is 5.21. The average molecular weight is 416 g/mol. The molecule has 2 fully saturated rings. The van der Waals surface area contributed by atoms with Crippen LogP contribution in [0.15, 0.2) is 18.2 Å². The van der Waals surface area contributed by atoms with Crippen molar-refractivity contribution in [1.29, 1.82) is 0 Å². The molecule has 3 aliphatic rings. The molecule has 0 radical (unpaired) electrons. The summed E-state index contributed by atoms with van der Waals surface area (Å²) in [4.78, 5) is 41.6. The van der Waals surface area contributed by atoms with E-state index in [-0.39, 0.29) is 24.5 Å². The van der Waals surface area contributed by atoms with E-state index in [2.05, 4.69) is 10.2 Å². The predicted molar refractivity (Wildman–Crippen MR) is 111 cm³/mol. The molecular formula is C21H28N4O5. The molecular weight excluding hydrogens is 388 g/mol. The number of imide groups is 1. The van der Waals surface area contributed by atoms with E-state index in [1.54, 1.807) is 9.80 Å². The van der Waals surface area contributed by atoms with Crippen LogP contribution in [0.3, 0.4) is 0 Å². The van der Waals surface area contributed by atoms with Crippen LogP contribution in [-0.2, 0) is 9.53 Å². The first-order chi connectivity index (χ1) is 14.2. The van der Waals surface area contributed by atoms with Gasteiger partial charge in [0.15, 0.2) is 0 Å². The number of nitrogens with zero attached hydrogens (tertiary/aromatic N) is 3. The summed E-state index contributed by atoms with van der Waals surface area (Å²) in [5, 5.41) is 2.34. The molecule has 0 bridgehead atoms. The lowest BCUT2D eigenvalue weighted by Gasteiger charge is -2.42. The topological polar surface area (TPSA) is 91.4 Å². The Hall–Kier alpha value is -2.97. The highest BCUT2D eigenvalue weighted by Gasteiger charge is 2.35. The number of carbonyl (C=O) groups excluding carboxylic acids is 3. The number of urea groups is 1. The van der Waals surface area contributed by atoms with E-state index in [9.17, 15) is 14.4 Å². The standard InChI is InChI=1S/C21H28N4O5/c1-21(2,3)30-20(28)23-9-10-24-15(13-23)7-11-29-17-12-14(4-5-16(17)24)25-8-6-18(26)22-19(25)27/h4-5,12,15H,6-11,13H2,1-3H3,(H,22,26,27)/t15-/m0/s1. The summed E-state index contributed by atoms with van der Waals surface area (Å²) in [5.74, 6) is 0.457. The number of anilines is 2. The largest absolute Gasteiger partial charge is 0.491 e. The Morgan fingerprint density at radius 2 is 2.00 bits per heavy atom. The molecule has 0 unspecified atom stereocenters. The van der Waals surface area contributed by atoms with Crippen molar-refractivity contribution in [3.63, 3.8) is 0 Å². The number of ether oxygens (including phenoxy) is 2. The molecule has 4 amide bonds. The van der Waals surface area contributed by atoms with Crippen LogP contribution in [-0.4, -0.2) is 67.4 Å². The van der Waals surface area contributed by atoms with Crippen LogP contribution in [0, 0.1) is 0 Å². The summed E-state index contributed by atoms with van der Waals surface area (Å²) in [6, 6.07) is 5.40. The van der Waals surface area contributed by atoms with Crippen molar-refractivity contribution >= 4 is 29.4 Å². The third-order valence-corrected chi connectivity index (χ3v) is 5.46. The Labute approximate surface area is 175 Å². The molecule has 30 heavy (non-hydrogen) atoms. The van der Waals surface area contributed by atoms with Gasteiger partial charge in [-0.3, -0.25) is 15.0 Å². The lowest BCUT2D eigenvalue weighted by molar-refractivity contribution is -0.120. The minimum absolute atomic E-state index is 0.134. The third-order valence-electron chi connectivity index (χ3n) is 5.46. The van der Waals surface area contributed by atoms with Gasteiger partial charge in [-0.25, -0.2) is 9.59 Å². The molecule has 9 heteroatoms. The third kappa shape index (κ3) is 4.15. The molecule has 1 N–H and O–H groups in total. The van der Waals surface area contributed by atoms with Gasteiger partial charge in [-0.1, -0.05) is 0 Å². The first-order valence-electron chi connectivity index (χ1n) is 10.3. The number of carbonyl (C=O) groups is 3. The molecule has 2 saturated heterocycles. The summed E-state index contributed by atoms with van der Waals surface area (Å²) < 4.78 is 11.5. The summed E-state index contributed by atoms with van der Waals surface area (Å²) in [5.41, 5.74) is 1.14. The van der Waals surface area contributed by atoms with Gasteiger partial charge in [0.2, 0.25) is 5.91 Å². The SMILES string of the molecule is CC(C)(C)OC(=O)N1CCN2c3ccc(N4CCC(=O)NC4=O)cc3OCC[C@H]2C1. The van der Waals surface area contributed by atoms with E-state index in [1.807, 2.05) is 39.0 Å². The summed E-state index contributed by atoms with van der Waals surface area (Å²) in [7, 11) is 0. The van der Waals surface area contributed by atoms with Crippen molar-refractivity contribution in [3.05, 3.63) is 18.2 Å². The van der Waals surface area contributed by atoms with Gasteiger partial charge in [-0.15, -0.1) is 0 Å². The number of fused-ring (bicyclic) bond motifs is 3. The first-order valence-corrected chi connectivity index (χ1v) is 10.3. The Morgan fingerprint density at radius 3 is 2.73 bits per heavy atom. The van der Waals surface area contributed by atoms with Crippen molar-refractivity contribution < 1.29 is 23.9 Å². The van der Waals surface area contributed by atoms with Crippen LogP contribution in [0.1, 0.15) is 33.6 Å². The lowest BCUT2D eigenvalue weighted by atomic mass is 10.1. The normalized spacial score (nSPS) is 21.8. The van der Waals surface area contributed by atoms with E-state index in [4.69, 9.17) is 9.47 Å². The van der Waals surface area contributed by atoms with Gasteiger partial charge in [0.05, 0.1) is 18.3 Å². The molecule has 3 heterocycles. The molecule has 1 atom stereocenters. The highest BCUT2D eigenvalue weighted by molar-refractivity contribution is 6.05. The fourth-order valence-corrected chi connectivity index (χ4v) is 4.05. The maximum atomic E-state index is 12.5. The van der Waals surface area contributed by atoms with Crippen molar-refractivity contribution in [2.24, 2.45) is 0 Å². The minimum atomic E-state index is -0.519. The second kappa shape index (κ2) is 7.70. The molecule has 0 aliphatic carbocycles. The molecule has 0 spiro atoms. The van der Waals surface area contributed by atoms with Crippen LogP contribution in [0.2, 0.25) is 0 Å². The molecule has 0 aromatic heterocycles. The minimum Gasteiger partial charge on any atom is -0.491 e. The fourth-order valence-electron chi connectivity index (χ4n) is 4.05. The molecule has 1 aromatic carbocycles. The number of rotatable bonds is 1. The Balaban J connectivity index is 1.51. The molecule has 4 rings (SSSR count). The van der Waals surface area contributed by atoms with Crippen LogP contribution < -0.4 is 19.9 Å². The lowest BCUT2D eigenvalue weighted by Crippen LogP contribution is -2.55. The van der Waals surface area contributed by atoms with Gasteiger partial charge in [-0.2, -0.15) is 0 Å². The van der Waals surface area contributed by atoms with E-state index in [1.165, 1.54) is 0 Å². The highest BCUT2D eigenvalue weighted by atomic mass is 16.6. The van der Waals surface area contributed by atoms with Crippen LogP contribution >= 0.6 is 0 Å². The molecule has 9 nitrogen and oxygen atoms in total. The second-order valence-corrected chi connectivity index (χ2v) is 8.82. The van der Waals surface area contributed by atoms with Gasteiger partial charge < -0.3 is 19.3 Å². The van der Waals surface area contributed by atoms with Gasteiger partial charge in [-0.05, 0) is 32.9 Å². The number of benzene rings is 1. The van der Waals surface area contributed by atoms with Gasteiger partial charge in [0, 0.05) is 50.8 Å². The van der Waals surface area contributed by atoms with Gasteiger partial charge >= 0.3 is 12.1 Å². The number of hydrogen-bond acceptors (Lipinski definition) is 6. The maximum absolute atomic E-state index is 12.5. The Morgan fingerprint density at radius 1 is 1.20 bits per heavy atom. The summed E-state index contributed by atoms with van der Waals surface area (Å²) in [6.07, 6.45) is 0.772. The van der Waals surface area contributed by atoms with Crippen molar-refractivity contribution in [1.82, 2.24) is 10.2 Å². The summed E-state index contributed by atoms with van der Waals surface area (Å²) >= 11 is 0. The zero-order valence-corrected chi connectivity index (χ0v) is 17.6. The summed E-state index contributed by atoms with van der Waals surface area (Å²) in [6.45, 7) is 8.30. The Bertz CT molecular complexity index is 865.